The van der Waals surface area contributed by atoms with E-state index in [-0.39, 0.29) is 5.82 Å². The number of benzene rings is 1. The van der Waals surface area contributed by atoms with Crippen LogP contribution in [0, 0.1) is 18.7 Å². The Morgan fingerprint density at radius 1 is 1.31 bits per heavy atom. The van der Waals surface area contributed by atoms with Gasteiger partial charge in [0.25, 0.3) is 0 Å². The van der Waals surface area contributed by atoms with Gasteiger partial charge in [0.1, 0.15) is 5.82 Å². The highest BCUT2D eigenvalue weighted by Crippen LogP contribution is 2.15. The molecule has 0 saturated heterocycles. The topological polar surface area (TPSA) is 12.0 Å². The molecule has 0 aliphatic rings. The van der Waals surface area contributed by atoms with E-state index in [0.717, 1.165) is 24.0 Å². The second-order valence-corrected chi connectivity index (χ2v) is 4.77. The maximum atomic E-state index is 13.5. The molecule has 0 aliphatic heterocycles. The van der Waals surface area contributed by atoms with Crippen LogP contribution in [0.25, 0.3) is 0 Å². The average molecular weight is 223 g/mol. The lowest BCUT2D eigenvalue weighted by Crippen LogP contribution is -2.31. The van der Waals surface area contributed by atoms with Gasteiger partial charge in [-0.1, -0.05) is 31.5 Å². The minimum Gasteiger partial charge on any atom is -0.317 e. The number of rotatable bonds is 5. The lowest BCUT2D eigenvalue weighted by Gasteiger charge is -2.20. The Kier molecular flexibility index (Phi) is 4.94. The van der Waals surface area contributed by atoms with Crippen molar-refractivity contribution >= 4 is 0 Å². The van der Waals surface area contributed by atoms with Crippen molar-refractivity contribution in [2.45, 2.75) is 39.7 Å². The zero-order valence-electron chi connectivity index (χ0n) is 10.7. The van der Waals surface area contributed by atoms with Crippen LogP contribution in [-0.2, 0) is 6.42 Å². The number of nitrogens with one attached hydrogen (secondary N) is 1. The van der Waals surface area contributed by atoms with Gasteiger partial charge in [-0.15, -0.1) is 0 Å². The van der Waals surface area contributed by atoms with Crippen LogP contribution in [0.5, 0.6) is 0 Å². The van der Waals surface area contributed by atoms with Crippen LogP contribution in [0.3, 0.4) is 0 Å². The Labute approximate surface area is 98.1 Å². The van der Waals surface area contributed by atoms with Crippen LogP contribution in [0.2, 0.25) is 0 Å². The third kappa shape index (κ3) is 3.60. The van der Waals surface area contributed by atoms with Crippen LogP contribution < -0.4 is 5.32 Å². The van der Waals surface area contributed by atoms with Gasteiger partial charge in [0, 0.05) is 6.04 Å². The van der Waals surface area contributed by atoms with E-state index >= 15 is 0 Å². The monoisotopic (exact) mass is 223 g/mol. The molecule has 16 heavy (non-hydrogen) atoms. The van der Waals surface area contributed by atoms with Gasteiger partial charge in [0.05, 0.1) is 0 Å². The summed E-state index contributed by atoms with van der Waals surface area (Å²) in [5.74, 6) is 0.502. The Morgan fingerprint density at radius 2 is 2.00 bits per heavy atom. The molecule has 0 fully saturated rings. The van der Waals surface area contributed by atoms with Gasteiger partial charge >= 0.3 is 0 Å². The van der Waals surface area contributed by atoms with Gasteiger partial charge < -0.3 is 5.32 Å². The summed E-state index contributed by atoms with van der Waals surface area (Å²) in [5, 5.41) is 3.28. The first kappa shape index (κ1) is 13.2. The normalized spacial score (nSPS) is 13.1. The molecule has 1 atom stereocenters. The molecule has 1 nitrogen and oxygen atoms in total. The molecule has 0 aliphatic carbocycles. The molecular formula is C14H22FN. The maximum absolute atomic E-state index is 13.5. The Balaban J connectivity index is 2.63. The fraction of sp³-hybridized carbons (Fsp3) is 0.571. The second-order valence-electron chi connectivity index (χ2n) is 4.77. The molecule has 0 bridgehead atoms. The van der Waals surface area contributed by atoms with Crippen molar-refractivity contribution < 1.29 is 4.39 Å². The molecule has 0 radical (unpaired) electrons. The molecule has 0 aromatic heterocycles. The fourth-order valence-electron chi connectivity index (χ4n) is 2.02. The van der Waals surface area contributed by atoms with Gasteiger partial charge in [-0.2, -0.15) is 0 Å². The molecule has 1 N–H and O–H groups in total. The average Bonchev–Trinajstić information content (AvgIpc) is 2.23. The summed E-state index contributed by atoms with van der Waals surface area (Å²) in [7, 11) is 1.97. The fourth-order valence-corrected chi connectivity index (χ4v) is 2.02. The predicted molar refractivity (Wildman–Crippen MR) is 67.1 cm³/mol. The van der Waals surface area contributed by atoms with Crippen molar-refractivity contribution in [3.05, 3.63) is 35.1 Å². The van der Waals surface area contributed by atoms with Crippen molar-refractivity contribution in [1.82, 2.24) is 5.32 Å². The van der Waals surface area contributed by atoms with Gasteiger partial charge in [-0.3, -0.25) is 0 Å². The van der Waals surface area contributed by atoms with Gasteiger partial charge in [0.2, 0.25) is 0 Å². The smallest absolute Gasteiger partial charge is 0.126 e. The van der Waals surface area contributed by atoms with E-state index in [9.17, 15) is 4.39 Å². The highest BCUT2D eigenvalue weighted by atomic mass is 19.1. The third-order valence-electron chi connectivity index (χ3n) is 3.10. The number of aryl methyl sites for hydroxylation is 2. The van der Waals surface area contributed by atoms with Crippen molar-refractivity contribution in [2.24, 2.45) is 5.92 Å². The molecule has 1 rings (SSSR count). The SMILES string of the molecule is CNC(CCc1cc(C)ccc1F)C(C)C. The van der Waals surface area contributed by atoms with Gasteiger partial charge in [-0.05, 0) is 44.4 Å². The highest BCUT2D eigenvalue weighted by Gasteiger charge is 2.12. The van der Waals surface area contributed by atoms with Crippen LogP contribution in [-0.4, -0.2) is 13.1 Å². The first-order valence-corrected chi connectivity index (χ1v) is 5.97. The standard InChI is InChI=1S/C14H22FN/c1-10(2)14(16-4)8-6-12-9-11(3)5-7-13(12)15/h5,7,9-10,14,16H,6,8H2,1-4H3. The zero-order chi connectivity index (χ0) is 12.1. The second kappa shape index (κ2) is 6.00. The highest BCUT2D eigenvalue weighted by molar-refractivity contribution is 5.24. The molecule has 1 aromatic rings. The van der Waals surface area contributed by atoms with Gasteiger partial charge in [0.15, 0.2) is 0 Å². The van der Waals surface area contributed by atoms with Crippen molar-refractivity contribution in [2.75, 3.05) is 7.05 Å². The van der Waals surface area contributed by atoms with Crippen LogP contribution >= 0.6 is 0 Å². The van der Waals surface area contributed by atoms with E-state index in [1.165, 1.54) is 0 Å². The Hall–Kier alpha value is -0.890. The molecular weight excluding hydrogens is 201 g/mol. The maximum Gasteiger partial charge on any atom is 0.126 e. The van der Waals surface area contributed by atoms with E-state index in [1.807, 2.05) is 26.1 Å². The lowest BCUT2D eigenvalue weighted by atomic mass is 9.96. The number of hydrogen-bond acceptors (Lipinski definition) is 1. The molecule has 1 unspecified atom stereocenters. The van der Waals surface area contributed by atoms with Gasteiger partial charge in [-0.25, -0.2) is 4.39 Å². The predicted octanol–water partition coefficient (Wildman–Crippen LogP) is 3.31. The molecule has 0 heterocycles. The minimum absolute atomic E-state index is 0.0794. The van der Waals surface area contributed by atoms with Crippen LogP contribution in [0.4, 0.5) is 4.39 Å². The largest absolute Gasteiger partial charge is 0.317 e. The quantitative estimate of drug-likeness (QED) is 0.807. The first-order valence-electron chi connectivity index (χ1n) is 5.97. The van der Waals surface area contributed by atoms with E-state index in [1.54, 1.807) is 6.07 Å². The van der Waals surface area contributed by atoms with E-state index in [0.29, 0.717) is 12.0 Å². The molecule has 1 aromatic carbocycles. The van der Waals surface area contributed by atoms with Crippen LogP contribution in [0.1, 0.15) is 31.4 Å². The summed E-state index contributed by atoms with van der Waals surface area (Å²) in [6.07, 6.45) is 1.78. The summed E-state index contributed by atoms with van der Waals surface area (Å²) in [5.41, 5.74) is 1.96. The van der Waals surface area contributed by atoms with Crippen molar-refractivity contribution in [3.63, 3.8) is 0 Å². The summed E-state index contributed by atoms with van der Waals surface area (Å²) >= 11 is 0. The van der Waals surface area contributed by atoms with E-state index in [4.69, 9.17) is 0 Å². The molecule has 0 spiro atoms. The molecule has 2 heteroatoms. The number of hydrogen-bond donors (Lipinski definition) is 1. The van der Waals surface area contributed by atoms with Crippen molar-refractivity contribution in [3.8, 4) is 0 Å². The zero-order valence-corrected chi connectivity index (χ0v) is 10.7. The Morgan fingerprint density at radius 3 is 2.56 bits per heavy atom. The lowest BCUT2D eigenvalue weighted by molar-refractivity contribution is 0.400. The molecule has 90 valence electrons. The summed E-state index contributed by atoms with van der Waals surface area (Å²) in [6.45, 7) is 6.38. The molecule has 0 saturated carbocycles. The van der Waals surface area contributed by atoms with E-state index < -0.39 is 0 Å². The summed E-state index contributed by atoms with van der Waals surface area (Å²) in [4.78, 5) is 0. The summed E-state index contributed by atoms with van der Waals surface area (Å²) < 4.78 is 13.5. The molecule has 0 amide bonds. The van der Waals surface area contributed by atoms with Crippen LogP contribution in [0.15, 0.2) is 18.2 Å². The third-order valence-corrected chi connectivity index (χ3v) is 3.10. The van der Waals surface area contributed by atoms with Crippen molar-refractivity contribution in [1.29, 1.82) is 0 Å². The summed E-state index contributed by atoms with van der Waals surface area (Å²) in [6, 6.07) is 5.79. The minimum atomic E-state index is -0.0794. The van der Waals surface area contributed by atoms with E-state index in [2.05, 4.69) is 19.2 Å². The number of halogens is 1. The first-order chi connectivity index (χ1) is 7.54. The Bertz CT molecular complexity index is 334.